The Bertz CT molecular complexity index is 708. The van der Waals surface area contributed by atoms with Gasteiger partial charge in [0.25, 0.3) is 5.56 Å². The van der Waals surface area contributed by atoms with Crippen LogP contribution in [0.5, 0.6) is 11.5 Å². The maximum absolute atomic E-state index is 12.4. The Kier molecular flexibility index (Phi) is 1.83. The molecule has 3 heterocycles. The lowest BCUT2D eigenvalue weighted by molar-refractivity contribution is 0.174. The number of aromatic nitrogens is 2. The SMILES string of the molecule is O=c1c2cc3c(cc2nc2n1CCCN2)OCO3. The highest BCUT2D eigenvalue weighted by molar-refractivity contribution is 5.83. The lowest BCUT2D eigenvalue weighted by atomic mass is 10.2. The number of ether oxygens (including phenoxy) is 2. The summed E-state index contributed by atoms with van der Waals surface area (Å²) in [5.41, 5.74) is 0.616. The van der Waals surface area contributed by atoms with E-state index in [4.69, 9.17) is 9.47 Å². The topological polar surface area (TPSA) is 65.4 Å². The van der Waals surface area contributed by atoms with Gasteiger partial charge in [-0.25, -0.2) is 4.98 Å². The Morgan fingerprint density at radius 3 is 3.00 bits per heavy atom. The molecule has 0 amide bonds. The van der Waals surface area contributed by atoms with Crippen molar-refractivity contribution >= 4 is 16.9 Å². The second-order valence-electron chi connectivity index (χ2n) is 4.40. The molecule has 0 aliphatic carbocycles. The van der Waals surface area contributed by atoms with Crippen molar-refractivity contribution in [2.75, 3.05) is 18.7 Å². The average molecular weight is 245 g/mol. The van der Waals surface area contributed by atoms with Crippen molar-refractivity contribution in [1.82, 2.24) is 9.55 Å². The van der Waals surface area contributed by atoms with Gasteiger partial charge in [-0.2, -0.15) is 0 Å². The molecule has 2 aliphatic rings. The molecule has 0 saturated carbocycles. The Labute approximate surface area is 102 Å². The van der Waals surface area contributed by atoms with Crippen LogP contribution < -0.4 is 20.3 Å². The van der Waals surface area contributed by atoms with Crippen molar-refractivity contribution in [1.29, 1.82) is 0 Å². The first-order valence-corrected chi connectivity index (χ1v) is 5.91. The molecule has 6 heteroatoms. The highest BCUT2D eigenvalue weighted by Gasteiger charge is 2.19. The zero-order valence-corrected chi connectivity index (χ0v) is 9.60. The van der Waals surface area contributed by atoms with E-state index in [-0.39, 0.29) is 12.4 Å². The molecular formula is C12H11N3O3. The first-order valence-electron chi connectivity index (χ1n) is 5.91. The van der Waals surface area contributed by atoms with Crippen LogP contribution in [0.25, 0.3) is 10.9 Å². The maximum Gasteiger partial charge on any atom is 0.262 e. The van der Waals surface area contributed by atoms with E-state index in [2.05, 4.69) is 10.3 Å². The van der Waals surface area contributed by atoms with Crippen molar-refractivity contribution in [2.45, 2.75) is 13.0 Å². The van der Waals surface area contributed by atoms with Crippen LogP contribution in [0.15, 0.2) is 16.9 Å². The zero-order valence-electron chi connectivity index (χ0n) is 9.60. The summed E-state index contributed by atoms with van der Waals surface area (Å²) in [6.07, 6.45) is 0.935. The number of benzene rings is 1. The van der Waals surface area contributed by atoms with Gasteiger partial charge < -0.3 is 14.8 Å². The van der Waals surface area contributed by atoms with E-state index >= 15 is 0 Å². The number of nitrogens with one attached hydrogen (secondary N) is 1. The van der Waals surface area contributed by atoms with Gasteiger partial charge in [0.2, 0.25) is 12.7 Å². The Hall–Kier alpha value is -2.24. The number of nitrogens with zero attached hydrogens (tertiary/aromatic N) is 2. The van der Waals surface area contributed by atoms with Crippen LogP contribution in [0, 0.1) is 0 Å². The third-order valence-electron chi connectivity index (χ3n) is 3.29. The Morgan fingerprint density at radius 1 is 1.28 bits per heavy atom. The van der Waals surface area contributed by atoms with Crippen molar-refractivity contribution in [2.24, 2.45) is 0 Å². The predicted molar refractivity (Wildman–Crippen MR) is 65.2 cm³/mol. The van der Waals surface area contributed by atoms with Crippen LogP contribution in [0.3, 0.4) is 0 Å². The van der Waals surface area contributed by atoms with Crippen LogP contribution in [-0.4, -0.2) is 22.9 Å². The van der Waals surface area contributed by atoms with Crippen LogP contribution in [0.2, 0.25) is 0 Å². The van der Waals surface area contributed by atoms with E-state index < -0.39 is 0 Å². The summed E-state index contributed by atoms with van der Waals surface area (Å²) < 4.78 is 12.3. The van der Waals surface area contributed by atoms with Gasteiger partial charge in [-0.1, -0.05) is 0 Å². The van der Waals surface area contributed by atoms with Gasteiger partial charge in [-0.05, 0) is 12.5 Å². The molecule has 1 aromatic carbocycles. The quantitative estimate of drug-likeness (QED) is 0.748. The molecule has 2 aromatic rings. The minimum Gasteiger partial charge on any atom is -0.454 e. The van der Waals surface area contributed by atoms with Gasteiger partial charge in [0, 0.05) is 19.2 Å². The zero-order chi connectivity index (χ0) is 12.1. The normalized spacial score (nSPS) is 16.4. The fourth-order valence-electron chi connectivity index (χ4n) is 2.39. The van der Waals surface area contributed by atoms with Crippen molar-refractivity contribution in [3.05, 3.63) is 22.5 Å². The van der Waals surface area contributed by atoms with Gasteiger partial charge in [0.05, 0.1) is 10.9 Å². The minimum absolute atomic E-state index is 0.0273. The lowest BCUT2D eigenvalue weighted by Gasteiger charge is -2.19. The highest BCUT2D eigenvalue weighted by atomic mass is 16.7. The second kappa shape index (κ2) is 3.38. The number of hydrogen-bond acceptors (Lipinski definition) is 5. The van der Waals surface area contributed by atoms with E-state index in [9.17, 15) is 4.79 Å². The molecule has 4 rings (SSSR count). The predicted octanol–water partition coefficient (Wildman–Crippen LogP) is 0.941. The summed E-state index contributed by atoms with van der Waals surface area (Å²) in [6, 6.07) is 3.48. The maximum atomic E-state index is 12.4. The molecule has 2 aliphatic heterocycles. The molecule has 92 valence electrons. The molecule has 6 nitrogen and oxygen atoms in total. The Morgan fingerprint density at radius 2 is 2.11 bits per heavy atom. The molecule has 0 radical (unpaired) electrons. The summed E-state index contributed by atoms with van der Waals surface area (Å²) in [5.74, 6) is 1.90. The number of fused-ring (bicyclic) bond motifs is 3. The molecule has 1 N–H and O–H groups in total. The standard InChI is InChI=1S/C12H11N3O3/c16-11-7-4-9-10(18-6-17-9)5-8(7)14-12-13-2-1-3-15(11)12/h4-5H,1-3,6H2,(H,13,14). The number of anilines is 1. The molecule has 0 saturated heterocycles. The number of rotatable bonds is 0. The molecular weight excluding hydrogens is 234 g/mol. The van der Waals surface area contributed by atoms with E-state index in [0.29, 0.717) is 34.9 Å². The summed E-state index contributed by atoms with van der Waals surface area (Å²) in [4.78, 5) is 16.8. The van der Waals surface area contributed by atoms with E-state index in [1.807, 2.05) is 0 Å². The number of hydrogen-bond donors (Lipinski definition) is 1. The largest absolute Gasteiger partial charge is 0.454 e. The summed E-state index contributed by atoms with van der Waals surface area (Å²) in [7, 11) is 0. The van der Waals surface area contributed by atoms with Crippen molar-refractivity contribution < 1.29 is 9.47 Å². The van der Waals surface area contributed by atoms with Crippen LogP contribution in [0.4, 0.5) is 5.95 Å². The minimum atomic E-state index is -0.0273. The second-order valence-corrected chi connectivity index (χ2v) is 4.40. The average Bonchev–Trinajstić information content (AvgIpc) is 2.84. The lowest BCUT2D eigenvalue weighted by Crippen LogP contribution is -2.30. The fraction of sp³-hybridized carbons (Fsp3) is 0.333. The van der Waals surface area contributed by atoms with Crippen LogP contribution in [0.1, 0.15) is 6.42 Å². The van der Waals surface area contributed by atoms with Gasteiger partial charge in [0.15, 0.2) is 11.5 Å². The molecule has 0 spiro atoms. The van der Waals surface area contributed by atoms with E-state index in [0.717, 1.165) is 13.0 Å². The third kappa shape index (κ3) is 1.23. The van der Waals surface area contributed by atoms with Gasteiger partial charge >= 0.3 is 0 Å². The molecule has 0 fully saturated rings. The first kappa shape index (κ1) is 9.76. The van der Waals surface area contributed by atoms with Crippen molar-refractivity contribution in [3.8, 4) is 11.5 Å². The highest BCUT2D eigenvalue weighted by Crippen LogP contribution is 2.34. The van der Waals surface area contributed by atoms with E-state index in [1.165, 1.54) is 0 Å². The monoisotopic (exact) mass is 245 g/mol. The summed E-state index contributed by atoms with van der Waals surface area (Å²) in [6.45, 7) is 1.76. The molecule has 0 bridgehead atoms. The van der Waals surface area contributed by atoms with Gasteiger partial charge in [-0.3, -0.25) is 9.36 Å². The van der Waals surface area contributed by atoms with Crippen LogP contribution >= 0.6 is 0 Å². The molecule has 18 heavy (non-hydrogen) atoms. The summed E-state index contributed by atoms with van der Waals surface area (Å²) >= 11 is 0. The first-order chi connectivity index (χ1) is 8.83. The molecule has 0 atom stereocenters. The molecule has 1 aromatic heterocycles. The van der Waals surface area contributed by atoms with Gasteiger partial charge in [-0.15, -0.1) is 0 Å². The van der Waals surface area contributed by atoms with Crippen LogP contribution in [-0.2, 0) is 6.54 Å². The Balaban J connectivity index is 2.07. The fourth-order valence-corrected chi connectivity index (χ4v) is 2.39. The summed E-state index contributed by atoms with van der Waals surface area (Å²) in [5, 5.41) is 3.72. The molecule has 0 unspecified atom stereocenters. The van der Waals surface area contributed by atoms with E-state index in [1.54, 1.807) is 16.7 Å². The van der Waals surface area contributed by atoms with Crippen molar-refractivity contribution in [3.63, 3.8) is 0 Å². The van der Waals surface area contributed by atoms with Gasteiger partial charge in [0.1, 0.15) is 0 Å². The third-order valence-corrected chi connectivity index (χ3v) is 3.29. The smallest absolute Gasteiger partial charge is 0.262 e.